The first-order valence-corrected chi connectivity index (χ1v) is 18.8. The van der Waals surface area contributed by atoms with E-state index < -0.39 is 28.8 Å². The van der Waals surface area contributed by atoms with Gasteiger partial charge in [0, 0.05) is 0 Å². The molecule has 0 fully saturated rings. The summed E-state index contributed by atoms with van der Waals surface area (Å²) in [7, 11) is 0. The molecule has 0 radical (unpaired) electrons. The Hall–Kier alpha value is -1.47. The number of carboxylic acids is 2. The van der Waals surface area contributed by atoms with Gasteiger partial charge in [-0.15, -0.1) is 0 Å². The van der Waals surface area contributed by atoms with Crippen molar-refractivity contribution in [3.05, 3.63) is 0 Å². The lowest BCUT2D eigenvalue weighted by atomic mass is 9.76. The summed E-state index contributed by atoms with van der Waals surface area (Å²) in [5, 5.41) is 19.7. The topological polar surface area (TPSA) is 144 Å². The molecule has 0 aliphatic carbocycles. The minimum Gasteiger partial charge on any atom is -0.480 e. The van der Waals surface area contributed by atoms with Gasteiger partial charge < -0.3 is 21.7 Å². The summed E-state index contributed by atoms with van der Waals surface area (Å²) in [4.78, 5) is 37.5. The average Bonchev–Trinajstić information content (AvgIpc) is 3.00. The molecule has 2 atom stereocenters. The monoisotopic (exact) mass is 625 g/mol. The van der Waals surface area contributed by atoms with Gasteiger partial charge in [-0.05, 0) is 12.8 Å². The number of aliphatic carboxylic acids is 2. The molecule has 44 heavy (non-hydrogen) atoms. The molecule has 7 heteroatoms. The Balaban J connectivity index is 4.26. The van der Waals surface area contributed by atoms with E-state index in [1.165, 1.54) is 116 Å². The highest BCUT2D eigenvalue weighted by atomic mass is 16.4. The first kappa shape index (κ1) is 42.5. The molecule has 0 aromatic heterocycles. The third-order valence-corrected chi connectivity index (χ3v) is 9.42. The Labute approximate surface area is 271 Å². The first-order chi connectivity index (χ1) is 21.2. The van der Waals surface area contributed by atoms with E-state index in [1.807, 2.05) is 0 Å². The second-order valence-electron chi connectivity index (χ2n) is 13.6. The lowest BCUT2D eigenvalue weighted by molar-refractivity contribution is -0.156. The number of unbranched alkanes of at least 4 members (excludes halogenated alkanes) is 26. The smallest absolute Gasteiger partial charge is 0.331 e. The zero-order chi connectivity index (χ0) is 32.9. The van der Waals surface area contributed by atoms with E-state index >= 15 is 0 Å². The van der Waals surface area contributed by atoms with E-state index in [2.05, 4.69) is 13.8 Å². The maximum Gasteiger partial charge on any atom is 0.331 e. The van der Waals surface area contributed by atoms with Crippen molar-refractivity contribution in [2.45, 2.75) is 218 Å². The highest BCUT2D eigenvalue weighted by Crippen LogP contribution is 2.25. The number of carboxylic acid groups (broad SMARTS) is 2. The first-order valence-electron chi connectivity index (χ1n) is 18.8. The van der Waals surface area contributed by atoms with E-state index in [-0.39, 0.29) is 12.8 Å². The number of hydrogen-bond acceptors (Lipinski definition) is 5. The van der Waals surface area contributed by atoms with Crippen molar-refractivity contribution >= 4 is 17.7 Å². The average molecular weight is 625 g/mol. The van der Waals surface area contributed by atoms with Crippen molar-refractivity contribution in [1.82, 2.24) is 0 Å². The normalized spacial score (nSPS) is 14.3. The molecule has 6 N–H and O–H groups in total. The molecule has 0 aliphatic heterocycles. The Morgan fingerprint density at radius 3 is 0.750 bits per heavy atom. The van der Waals surface area contributed by atoms with Crippen LogP contribution in [0.4, 0.5) is 0 Å². The number of ketones is 1. The minimum atomic E-state index is -2.28. The molecule has 2 unspecified atom stereocenters. The molecule has 0 saturated heterocycles. The predicted octanol–water partition coefficient (Wildman–Crippen LogP) is 9.86. The van der Waals surface area contributed by atoms with Crippen molar-refractivity contribution in [3.63, 3.8) is 0 Å². The van der Waals surface area contributed by atoms with Gasteiger partial charge in [0.05, 0.1) is 0 Å². The number of Topliss-reactive ketones (excluding diaryl/α,β-unsaturated/α-hetero) is 1. The van der Waals surface area contributed by atoms with Crippen LogP contribution in [0.3, 0.4) is 0 Å². The van der Waals surface area contributed by atoms with Gasteiger partial charge in [-0.1, -0.05) is 194 Å². The Morgan fingerprint density at radius 1 is 0.386 bits per heavy atom. The van der Waals surface area contributed by atoms with Crippen LogP contribution >= 0.6 is 0 Å². The number of nitrogens with two attached hydrogens (primary N) is 2. The Kier molecular flexibility index (Phi) is 26.9. The third-order valence-electron chi connectivity index (χ3n) is 9.42. The van der Waals surface area contributed by atoms with E-state index in [0.717, 1.165) is 51.4 Å². The van der Waals surface area contributed by atoms with E-state index in [0.29, 0.717) is 12.8 Å². The van der Waals surface area contributed by atoms with Crippen molar-refractivity contribution in [1.29, 1.82) is 0 Å². The molecular weight excluding hydrogens is 552 g/mol. The highest BCUT2D eigenvalue weighted by molar-refractivity contribution is 6.19. The Morgan fingerprint density at radius 2 is 0.568 bits per heavy atom. The summed E-state index contributed by atoms with van der Waals surface area (Å²) < 4.78 is 0. The predicted molar refractivity (Wildman–Crippen MR) is 184 cm³/mol. The molecule has 0 bridgehead atoms. The molecule has 0 rings (SSSR count). The van der Waals surface area contributed by atoms with E-state index in [4.69, 9.17) is 11.5 Å². The Bertz CT molecular complexity index is 673. The number of carbonyl (C=O) groups excluding carboxylic acids is 1. The molecule has 0 aliphatic rings. The summed E-state index contributed by atoms with van der Waals surface area (Å²) in [6.07, 6.45) is 32.2. The fourth-order valence-electron chi connectivity index (χ4n) is 6.23. The lowest BCUT2D eigenvalue weighted by Crippen LogP contribution is -2.68. The summed E-state index contributed by atoms with van der Waals surface area (Å²) >= 11 is 0. The number of hydrogen-bond donors (Lipinski definition) is 4. The quantitative estimate of drug-likeness (QED) is 0.0412. The van der Waals surface area contributed by atoms with Crippen LogP contribution < -0.4 is 11.5 Å². The van der Waals surface area contributed by atoms with Gasteiger partial charge in [-0.2, -0.15) is 0 Å². The van der Waals surface area contributed by atoms with Crippen LogP contribution in [0, 0.1) is 0 Å². The number of rotatable bonds is 34. The standard InChI is InChI=1S/C37H72N2O5/c1-3-5-7-9-11-13-15-17-19-21-23-25-27-29-31-36(38,34(41)42)33(40)37(39,35(43)44)32-30-28-26-24-22-20-18-16-14-12-10-8-6-4-2/h3-32,38-39H2,1-2H3,(H,41,42)(H,43,44). The van der Waals surface area contributed by atoms with Crippen LogP contribution in [-0.4, -0.2) is 39.0 Å². The molecule has 0 amide bonds. The molecule has 260 valence electrons. The van der Waals surface area contributed by atoms with Crippen molar-refractivity contribution in [3.8, 4) is 0 Å². The molecule has 0 aromatic rings. The SMILES string of the molecule is CCCCCCCCCCCCCCCCC(N)(C(=O)O)C(=O)C(N)(CCCCCCCCCCCCCCCC)C(=O)O. The van der Waals surface area contributed by atoms with Crippen molar-refractivity contribution in [2.75, 3.05) is 0 Å². The summed E-state index contributed by atoms with van der Waals surface area (Å²) in [6, 6.07) is 0. The van der Waals surface area contributed by atoms with Gasteiger partial charge >= 0.3 is 11.9 Å². The zero-order valence-corrected chi connectivity index (χ0v) is 29.0. The molecular formula is C37H72N2O5. The van der Waals surface area contributed by atoms with Crippen LogP contribution in [0.5, 0.6) is 0 Å². The molecule has 0 heterocycles. The molecule has 0 saturated carbocycles. The van der Waals surface area contributed by atoms with Gasteiger partial charge in [-0.25, -0.2) is 9.59 Å². The highest BCUT2D eigenvalue weighted by Gasteiger charge is 2.54. The second kappa shape index (κ2) is 27.8. The van der Waals surface area contributed by atoms with Gasteiger partial charge in [0.15, 0.2) is 16.9 Å². The second-order valence-corrected chi connectivity index (χ2v) is 13.6. The van der Waals surface area contributed by atoms with Gasteiger partial charge in [-0.3, -0.25) is 4.79 Å². The zero-order valence-electron chi connectivity index (χ0n) is 29.0. The van der Waals surface area contributed by atoms with Crippen LogP contribution in [0.2, 0.25) is 0 Å². The van der Waals surface area contributed by atoms with Crippen molar-refractivity contribution in [2.24, 2.45) is 11.5 Å². The van der Waals surface area contributed by atoms with Crippen LogP contribution in [0.25, 0.3) is 0 Å². The van der Waals surface area contributed by atoms with Gasteiger partial charge in [0.2, 0.25) is 0 Å². The van der Waals surface area contributed by atoms with E-state index in [9.17, 15) is 24.6 Å². The summed E-state index contributed by atoms with van der Waals surface area (Å²) in [6.45, 7) is 4.48. The number of carbonyl (C=O) groups is 3. The molecule has 0 aromatic carbocycles. The van der Waals surface area contributed by atoms with Crippen LogP contribution in [0.15, 0.2) is 0 Å². The lowest BCUT2D eigenvalue weighted by Gasteiger charge is -2.32. The third kappa shape index (κ3) is 19.8. The fraction of sp³-hybridized carbons (Fsp3) is 0.919. The van der Waals surface area contributed by atoms with Crippen molar-refractivity contribution < 1.29 is 24.6 Å². The summed E-state index contributed by atoms with van der Waals surface area (Å²) in [5.74, 6) is -4.06. The maximum atomic E-state index is 13.3. The molecule has 7 nitrogen and oxygen atoms in total. The van der Waals surface area contributed by atoms with Crippen LogP contribution in [0.1, 0.15) is 206 Å². The summed E-state index contributed by atoms with van der Waals surface area (Å²) in [5.41, 5.74) is 7.67. The van der Waals surface area contributed by atoms with E-state index in [1.54, 1.807) is 0 Å². The van der Waals surface area contributed by atoms with Gasteiger partial charge in [0.1, 0.15) is 0 Å². The largest absolute Gasteiger partial charge is 0.480 e. The molecule has 0 spiro atoms. The fourth-order valence-corrected chi connectivity index (χ4v) is 6.23. The van der Waals surface area contributed by atoms with Crippen LogP contribution in [-0.2, 0) is 14.4 Å². The minimum absolute atomic E-state index is 0.0931. The van der Waals surface area contributed by atoms with Gasteiger partial charge in [0.25, 0.3) is 0 Å². The maximum absolute atomic E-state index is 13.3.